The Balaban J connectivity index is 3.36. The highest BCUT2D eigenvalue weighted by atomic mass is 14.8. The summed E-state index contributed by atoms with van der Waals surface area (Å²) in [6, 6.07) is 0. The number of rotatable bonds is 5. The van der Waals surface area contributed by atoms with Gasteiger partial charge in [-0.1, -0.05) is 19.4 Å². The van der Waals surface area contributed by atoms with Gasteiger partial charge in [-0.05, 0) is 6.42 Å². The van der Waals surface area contributed by atoms with Gasteiger partial charge >= 0.3 is 0 Å². The van der Waals surface area contributed by atoms with Crippen LogP contribution in [-0.2, 0) is 0 Å². The summed E-state index contributed by atoms with van der Waals surface area (Å²) in [4.78, 5) is 0. The van der Waals surface area contributed by atoms with E-state index in [2.05, 4.69) is 18.8 Å². The molecule has 0 aromatic heterocycles. The van der Waals surface area contributed by atoms with Crippen molar-refractivity contribution in [2.45, 2.75) is 19.8 Å². The molecule has 3 N–H and O–H groups in total. The van der Waals surface area contributed by atoms with E-state index in [9.17, 15) is 0 Å². The minimum Gasteiger partial charge on any atom is -0.401 e. The maximum Gasteiger partial charge on any atom is 0.0323 e. The summed E-state index contributed by atoms with van der Waals surface area (Å²) in [6.07, 6.45) is 5.70. The first-order valence-electron chi connectivity index (χ1n) is 3.60. The number of hydrogen-bond donors (Lipinski definition) is 2. The molecule has 0 amide bonds. The standard InChI is InChI=1S/C8H16N2/c1-3-5-8(9)7-10-6-4-2/h4,7,10H,2-3,5-6,9H2,1H3/b8-7-. The first-order chi connectivity index (χ1) is 4.81. The normalized spacial score (nSPS) is 11.1. The van der Waals surface area contributed by atoms with E-state index in [-0.39, 0.29) is 0 Å². The Hall–Kier alpha value is -0.920. The van der Waals surface area contributed by atoms with Crippen molar-refractivity contribution in [1.82, 2.24) is 5.32 Å². The Morgan fingerprint density at radius 2 is 2.40 bits per heavy atom. The molecule has 0 rings (SSSR count). The van der Waals surface area contributed by atoms with E-state index < -0.39 is 0 Å². The third-order valence-corrected chi connectivity index (χ3v) is 1.09. The zero-order valence-corrected chi connectivity index (χ0v) is 6.56. The molecule has 0 aromatic rings. The van der Waals surface area contributed by atoms with Crippen LogP contribution in [0.1, 0.15) is 19.8 Å². The van der Waals surface area contributed by atoms with Crippen LogP contribution in [0.2, 0.25) is 0 Å². The summed E-state index contributed by atoms with van der Waals surface area (Å²) in [7, 11) is 0. The van der Waals surface area contributed by atoms with Gasteiger partial charge in [0.15, 0.2) is 0 Å². The molecule has 0 aliphatic rings. The van der Waals surface area contributed by atoms with E-state index in [1.807, 2.05) is 6.20 Å². The van der Waals surface area contributed by atoms with E-state index in [1.54, 1.807) is 6.08 Å². The van der Waals surface area contributed by atoms with Crippen molar-refractivity contribution in [2.75, 3.05) is 6.54 Å². The van der Waals surface area contributed by atoms with Gasteiger partial charge in [0.1, 0.15) is 0 Å². The second kappa shape index (κ2) is 6.20. The molecular weight excluding hydrogens is 124 g/mol. The van der Waals surface area contributed by atoms with Crippen LogP contribution in [0, 0.1) is 0 Å². The monoisotopic (exact) mass is 140 g/mol. The third-order valence-electron chi connectivity index (χ3n) is 1.09. The van der Waals surface area contributed by atoms with Gasteiger partial charge in [-0.25, -0.2) is 0 Å². The average Bonchev–Trinajstić information content (AvgIpc) is 1.89. The van der Waals surface area contributed by atoms with E-state index in [0.717, 1.165) is 25.1 Å². The molecule has 0 radical (unpaired) electrons. The molecule has 0 aromatic carbocycles. The Morgan fingerprint density at radius 1 is 1.70 bits per heavy atom. The average molecular weight is 140 g/mol. The summed E-state index contributed by atoms with van der Waals surface area (Å²) in [6.45, 7) is 6.46. The topological polar surface area (TPSA) is 38.0 Å². The Kier molecular flexibility index (Phi) is 5.63. The van der Waals surface area contributed by atoms with Gasteiger partial charge in [-0.3, -0.25) is 0 Å². The van der Waals surface area contributed by atoms with Crippen LogP contribution in [0.5, 0.6) is 0 Å². The maximum absolute atomic E-state index is 5.59. The fourth-order valence-corrected chi connectivity index (χ4v) is 0.634. The van der Waals surface area contributed by atoms with Crippen LogP contribution in [0.3, 0.4) is 0 Å². The first kappa shape index (κ1) is 9.08. The molecule has 10 heavy (non-hydrogen) atoms. The van der Waals surface area contributed by atoms with E-state index >= 15 is 0 Å². The number of hydrogen-bond acceptors (Lipinski definition) is 2. The Morgan fingerprint density at radius 3 is 2.90 bits per heavy atom. The van der Waals surface area contributed by atoms with Gasteiger partial charge < -0.3 is 11.1 Å². The van der Waals surface area contributed by atoms with Crippen LogP contribution in [0.15, 0.2) is 24.6 Å². The quantitative estimate of drug-likeness (QED) is 0.447. The predicted molar refractivity (Wildman–Crippen MR) is 45.4 cm³/mol. The smallest absolute Gasteiger partial charge is 0.0323 e. The zero-order valence-electron chi connectivity index (χ0n) is 6.56. The lowest BCUT2D eigenvalue weighted by Gasteiger charge is -1.98. The number of allylic oxidation sites excluding steroid dienone is 1. The highest BCUT2D eigenvalue weighted by molar-refractivity contribution is 4.95. The molecule has 0 unspecified atom stereocenters. The van der Waals surface area contributed by atoms with Gasteiger partial charge in [-0.15, -0.1) is 6.58 Å². The van der Waals surface area contributed by atoms with Gasteiger partial charge in [0, 0.05) is 18.4 Å². The molecule has 0 aliphatic heterocycles. The van der Waals surface area contributed by atoms with E-state index in [1.165, 1.54) is 0 Å². The van der Waals surface area contributed by atoms with Crippen molar-refractivity contribution < 1.29 is 0 Å². The molecule has 0 aliphatic carbocycles. The lowest BCUT2D eigenvalue weighted by molar-refractivity contribution is 0.861. The van der Waals surface area contributed by atoms with Crippen molar-refractivity contribution in [1.29, 1.82) is 0 Å². The molecule has 58 valence electrons. The second-order valence-corrected chi connectivity index (χ2v) is 2.17. The van der Waals surface area contributed by atoms with Crippen LogP contribution in [-0.4, -0.2) is 6.54 Å². The van der Waals surface area contributed by atoms with Crippen LogP contribution < -0.4 is 11.1 Å². The molecule has 0 saturated carbocycles. The largest absolute Gasteiger partial charge is 0.401 e. The predicted octanol–water partition coefficient (Wildman–Crippen LogP) is 1.36. The lowest BCUT2D eigenvalue weighted by Crippen LogP contribution is -2.08. The Bertz CT molecular complexity index is 116. The van der Waals surface area contributed by atoms with Gasteiger partial charge in [0.05, 0.1) is 0 Å². The van der Waals surface area contributed by atoms with Gasteiger partial charge in [-0.2, -0.15) is 0 Å². The lowest BCUT2D eigenvalue weighted by atomic mass is 10.3. The third kappa shape index (κ3) is 5.22. The molecule has 0 spiro atoms. The molecule has 0 saturated heterocycles. The van der Waals surface area contributed by atoms with Crippen molar-refractivity contribution >= 4 is 0 Å². The molecule has 2 heteroatoms. The highest BCUT2D eigenvalue weighted by Crippen LogP contribution is 1.93. The van der Waals surface area contributed by atoms with Crippen molar-refractivity contribution in [3.63, 3.8) is 0 Å². The molecule has 0 atom stereocenters. The van der Waals surface area contributed by atoms with Crippen molar-refractivity contribution in [3.05, 3.63) is 24.6 Å². The molecule has 0 fully saturated rings. The number of nitrogens with one attached hydrogen (secondary N) is 1. The molecule has 0 heterocycles. The van der Waals surface area contributed by atoms with Gasteiger partial charge in [0.25, 0.3) is 0 Å². The molecule has 0 bridgehead atoms. The van der Waals surface area contributed by atoms with Crippen molar-refractivity contribution in [3.8, 4) is 0 Å². The van der Waals surface area contributed by atoms with Crippen LogP contribution in [0.25, 0.3) is 0 Å². The van der Waals surface area contributed by atoms with E-state index in [4.69, 9.17) is 5.73 Å². The summed E-state index contributed by atoms with van der Waals surface area (Å²) in [5.41, 5.74) is 6.50. The van der Waals surface area contributed by atoms with E-state index in [0.29, 0.717) is 0 Å². The minimum absolute atomic E-state index is 0.782. The molecule has 2 nitrogen and oxygen atoms in total. The highest BCUT2D eigenvalue weighted by Gasteiger charge is 1.84. The fourth-order valence-electron chi connectivity index (χ4n) is 0.634. The summed E-state index contributed by atoms with van der Waals surface area (Å²) < 4.78 is 0. The summed E-state index contributed by atoms with van der Waals surface area (Å²) in [5, 5.41) is 3.01. The zero-order chi connectivity index (χ0) is 7.82. The SMILES string of the molecule is C=CCN/C=C(\N)CCC. The van der Waals surface area contributed by atoms with Gasteiger partial charge in [0.2, 0.25) is 0 Å². The number of nitrogens with two attached hydrogens (primary N) is 1. The second-order valence-electron chi connectivity index (χ2n) is 2.17. The fraction of sp³-hybridized carbons (Fsp3) is 0.500. The molecular formula is C8H16N2. The van der Waals surface area contributed by atoms with Crippen molar-refractivity contribution in [2.24, 2.45) is 5.73 Å². The Labute approximate surface area is 62.8 Å². The summed E-state index contributed by atoms with van der Waals surface area (Å²) in [5.74, 6) is 0. The van der Waals surface area contributed by atoms with Crippen LogP contribution in [0.4, 0.5) is 0 Å². The first-order valence-corrected chi connectivity index (χ1v) is 3.60. The minimum atomic E-state index is 0.782. The maximum atomic E-state index is 5.59. The van der Waals surface area contributed by atoms with Crippen LogP contribution >= 0.6 is 0 Å². The summed E-state index contributed by atoms with van der Waals surface area (Å²) >= 11 is 0.